The van der Waals surface area contributed by atoms with Gasteiger partial charge < -0.3 is 20.4 Å². The predicted molar refractivity (Wildman–Crippen MR) is 124 cm³/mol. The van der Waals surface area contributed by atoms with E-state index in [2.05, 4.69) is 15.5 Å². The van der Waals surface area contributed by atoms with Crippen LogP contribution in [0.25, 0.3) is 11.4 Å². The van der Waals surface area contributed by atoms with E-state index in [1.807, 2.05) is 18.2 Å². The number of hydrogen-bond acceptors (Lipinski definition) is 8. The maximum atomic E-state index is 12.6. The van der Waals surface area contributed by atoms with Crippen molar-refractivity contribution in [2.75, 3.05) is 17.7 Å². The Bertz CT molecular complexity index is 1190. The fourth-order valence-corrected chi connectivity index (χ4v) is 4.89. The van der Waals surface area contributed by atoms with Crippen LogP contribution in [0.5, 0.6) is 0 Å². The quantitative estimate of drug-likeness (QED) is 0.362. The van der Waals surface area contributed by atoms with Crippen molar-refractivity contribution in [1.82, 2.24) is 14.8 Å². The lowest BCUT2D eigenvalue weighted by Gasteiger charge is -2.07. The van der Waals surface area contributed by atoms with Crippen molar-refractivity contribution in [3.63, 3.8) is 0 Å². The summed E-state index contributed by atoms with van der Waals surface area (Å²) in [6.45, 7) is 3.41. The zero-order valence-electron chi connectivity index (χ0n) is 17.5. The Hall–Kier alpha value is -2.89. The molecule has 0 aliphatic heterocycles. The Kier molecular flexibility index (Phi) is 7.54. The first-order valence-electron chi connectivity index (χ1n) is 9.41. The van der Waals surface area contributed by atoms with Crippen molar-refractivity contribution in [2.24, 2.45) is 12.8 Å². The van der Waals surface area contributed by atoms with E-state index in [4.69, 9.17) is 22.1 Å². The molecular weight excluding hydrogens is 474 g/mol. The number of esters is 1. The lowest BCUT2D eigenvalue weighted by molar-refractivity contribution is -0.113. The summed E-state index contributed by atoms with van der Waals surface area (Å²) in [5.41, 5.74) is 6.62. The first kappa shape index (κ1) is 23.8. The van der Waals surface area contributed by atoms with Gasteiger partial charge in [-0.25, -0.2) is 4.79 Å². The molecule has 0 saturated carbocycles. The zero-order chi connectivity index (χ0) is 23.4. The van der Waals surface area contributed by atoms with Crippen molar-refractivity contribution >= 4 is 57.5 Å². The molecule has 12 heteroatoms. The number of carbonyl (C=O) groups is 3. The largest absolute Gasteiger partial charge is 0.462 e. The van der Waals surface area contributed by atoms with Crippen LogP contribution in [0.15, 0.2) is 29.4 Å². The number of rotatable bonds is 8. The molecule has 0 spiro atoms. The smallest absolute Gasteiger partial charge is 0.341 e. The van der Waals surface area contributed by atoms with E-state index >= 15 is 0 Å². The molecule has 2 amide bonds. The number of hydrogen-bond donors (Lipinski definition) is 2. The number of nitrogens with zero attached hydrogens (tertiary/aromatic N) is 3. The highest BCUT2D eigenvalue weighted by Crippen LogP contribution is 2.34. The van der Waals surface area contributed by atoms with Crippen LogP contribution in [0.3, 0.4) is 0 Å². The summed E-state index contributed by atoms with van der Waals surface area (Å²) in [5.74, 6) is -1.13. The molecule has 3 N–H and O–H groups in total. The Balaban J connectivity index is 1.75. The molecule has 3 rings (SSSR count). The first-order chi connectivity index (χ1) is 15.2. The number of benzene rings is 1. The number of primary amides is 1. The number of thioether (sulfide) groups is 1. The number of ether oxygens (including phenoxy) is 1. The Morgan fingerprint density at radius 1 is 1.28 bits per heavy atom. The number of nitrogens with one attached hydrogen (secondary N) is 1. The van der Waals surface area contributed by atoms with Crippen LogP contribution in [-0.2, 0) is 16.6 Å². The monoisotopic (exact) mass is 493 g/mol. The second-order valence-corrected chi connectivity index (χ2v) is 8.90. The average Bonchev–Trinajstić information content (AvgIpc) is 3.26. The molecule has 0 aliphatic rings. The van der Waals surface area contributed by atoms with Crippen LogP contribution >= 0.6 is 34.7 Å². The number of halogens is 1. The molecule has 0 aliphatic carbocycles. The van der Waals surface area contributed by atoms with E-state index in [9.17, 15) is 14.4 Å². The molecule has 0 bridgehead atoms. The maximum Gasteiger partial charge on any atom is 0.341 e. The first-order valence-corrected chi connectivity index (χ1v) is 11.6. The van der Waals surface area contributed by atoms with Crippen molar-refractivity contribution < 1.29 is 19.1 Å². The standard InChI is InChI=1S/C20H20ClN5O4S2/c1-4-30-19(29)14-10(2)15(16(22)28)32-18(14)23-13(27)9-31-20-25-24-17(26(20)3)11-7-5-6-8-12(11)21/h5-8H,4,9H2,1-3H3,(H2,22,28)(H,23,27). The summed E-state index contributed by atoms with van der Waals surface area (Å²) in [6.07, 6.45) is 0. The minimum atomic E-state index is -0.681. The van der Waals surface area contributed by atoms with Gasteiger partial charge in [-0.05, 0) is 31.5 Å². The lowest BCUT2D eigenvalue weighted by atomic mass is 10.1. The molecule has 1 aromatic carbocycles. The van der Waals surface area contributed by atoms with Crippen LogP contribution < -0.4 is 11.1 Å². The fourth-order valence-electron chi connectivity index (χ4n) is 2.90. The molecule has 3 aromatic rings. The summed E-state index contributed by atoms with van der Waals surface area (Å²) in [5, 5.41) is 12.2. The van der Waals surface area contributed by atoms with Gasteiger partial charge >= 0.3 is 5.97 Å². The average molecular weight is 494 g/mol. The molecule has 2 aromatic heterocycles. The second kappa shape index (κ2) is 10.2. The van der Waals surface area contributed by atoms with Crippen molar-refractivity contribution in [3.05, 3.63) is 45.3 Å². The Morgan fingerprint density at radius 2 is 2.00 bits per heavy atom. The van der Waals surface area contributed by atoms with Gasteiger partial charge in [-0.3, -0.25) is 9.59 Å². The van der Waals surface area contributed by atoms with Crippen LogP contribution in [-0.4, -0.2) is 44.9 Å². The van der Waals surface area contributed by atoms with Crippen LogP contribution in [0.2, 0.25) is 5.02 Å². The molecule has 32 heavy (non-hydrogen) atoms. The molecule has 2 heterocycles. The van der Waals surface area contributed by atoms with Crippen molar-refractivity contribution in [3.8, 4) is 11.4 Å². The molecule has 0 unspecified atom stereocenters. The van der Waals surface area contributed by atoms with Gasteiger partial charge in [0.2, 0.25) is 5.91 Å². The molecule has 168 valence electrons. The summed E-state index contributed by atoms with van der Waals surface area (Å²) < 4.78 is 6.79. The van der Waals surface area contributed by atoms with Crippen LogP contribution in [0.4, 0.5) is 5.00 Å². The summed E-state index contributed by atoms with van der Waals surface area (Å²) in [4.78, 5) is 36.8. The topological polar surface area (TPSA) is 129 Å². The third-order valence-electron chi connectivity index (χ3n) is 4.39. The van der Waals surface area contributed by atoms with Gasteiger partial charge in [0.1, 0.15) is 5.00 Å². The molecule has 0 fully saturated rings. The van der Waals surface area contributed by atoms with Gasteiger partial charge in [0.15, 0.2) is 11.0 Å². The maximum absolute atomic E-state index is 12.6. The highest BCUT2D eigenvalue weighted by molar-refractivity contribution is 7.99. The van der Waals surface area contributed by atoms with Gasteiger partial charge in [-0.2, -0.15) is 0 Å². The van der Waals surface area contributed by atoms with Gasteiger partial charge in [-0.1, -0.05) is 35.5 Å². The number of anilines is 1. The van der Waals surface area contributed by atoms with Gasteiger partial charge in [-0.15, -0.1) is 21.5 Å². The number of amides is 2. The van der Waals surface area contributed by atoms with E-state index in [-0.39, 0.29) is 33.7 Å². The highest BCUT2D eigenvalue weighted by atomic mass is 35.5. The van der Waals surface area contributed by atoms with E-state index in [0.717, 1.165) is 16.9 Å². The Labute approximate surface area is 197 Å². The molecule has 0 saturated heterocycles. The van der Waals surface area contributed by atoms with E-state index in [0.29, 0.717) is 21.6 Å². The van der Waals surface area contributed by atoms with Gasteiger partial charge in [0, 0.05) is 12.6 Å². The molecule has 9 nitrogen and oxygen atoms in total. The fraction of sp³-hybridized carbons (Fsp3) is 0.250. The number of aromatic nitrogens is 3. The van der Waals surface area contributed by atoms with E-state index in [1.165, 1.54) is 11.8 Å². The van der Waals surface area contributed by atoms with Crippen LogP contribution in [0, 0.1) is 6.92 Å². The Morgan fingerprint density at radius 3 is 2.66 bits per heavy atom. The third kappa shape index (κ3) is 4.95. The lowest BCUT2D eigenvalue weighted by Crippen LogP contribution is -2.17. The van der Waals surface area contributed by atoms with E-state index < -0.39 is 11.9 Å². The molecular formula is C20H20ClN5O4S2. The highest BCUT2D eigenvalue weighted by Gasteiger charge is 2.26. The number of nitrogens with two attached hydrogens (primary N) is 1. The minimum absolute atomic E-state index is 0.000384. The van der Waals surface area contributed by atoms with Crippen molar-refractivity contribution in [1.29, 1.82) is 0 Å². The van der Waals surface area contributed by atoms with Gasteiger partial charge in [0.05, 0.1) is 27.8 Å². The summed E-state index contributed by atoms with van der Waals surface area (Å²) in [6, 6.07) is 7.26. The molecule has 0 atom stereocenters. The zero-order valence-corrected chi connectivity index (χ0v) is 19.9. The minimum Gasteiger partial charge on any atom is -0.462 e. The third-order valence-corrected chi connectivity index (χ3v) is 6.96. The predicted octanol–water partition coefficient (Wildman–Crippen LogP) is 3.51. The normalized spacial score (nSPS) is 10.8. The second-order valence-electron chi connectivity index (χ2n) is 6.53. The number of thiophene rings is 1. The SMILES string of the molecule is CCOC(=O)c1c(NC(=O)CSc2nnc(-c3ccccc3Cl)n2C)sc(C(N)=O)c1C. The summed E-state index contributed by atoms with van der Waals surface area (Å²) >= 11 is 8.34. The van der Waals surface area contributed by atoms with Gasteiger partial charge in [0.25, 0.3) is 5.91 Å². The summed E-state index contributed by atoms with van der Waals surface area (Å²) in [7, 11) is 1.78. The van der Waals surface area contributed by atoms with E-state index in [1.54, 1.807) is 31.5 Å². The molecule has 0 radical (unpaired) electrons. The van der Waals surface area contributed by atoms with Crippen molar-refractivity contribution in [2.45, 2.75) is 19.0 Å². The van der Waals surface area contributed by atoms with Crippen LogP contribution in [0.1, 0.15) is 32.5 Å². The number of carbonyl (C=O) groups excluding carboxylic acids is 3.